The van der Waals surface area contributed by atoms with Crippen LogP contribution >= 0.6 is 12.4 Å². The van der Waals surface area contributed by atoms with Gasteiger partial charge in [0.15, 0.2) is 0 Å². The van der Waals surface area contributed by atoms with E-state index in [1.54, 1.807) is 0 Å². The summed E-state index contributed by atoms with van der Waals surface area (Å²) in [6, 6.07) is 10.4. The third-order valence-corrected chi connectivity index (χ3v) is 3.56. The van der Waals surface area contributed by atoms with E-state index < -0.39 is 0 Å². The second-order valence-electron chi connectivity index (χ2n) is 5.00. The van der Waals surface area contributed by atoms with Crippen molar-refractivity contribution >= 4 is 18.3 Å². The zero-order valence-corrected chi connectivity index (χ0v) is 12.3. The maximum absolute atomic E-state index is 12.2. The number of nitrogens with zero attached hydrogens (tertiary/aromatic N) is 1. The van der Waals surface area contributed by atoms with Crippen molar-refractivity contribution in [2.45, 2.75) is 31.7 Å². The lowest BCUT2D eigenvalue weighted by atomic mass is 10.0. The molecule has 1 N–H and O–H groups in total. The van der Waals surface area contributed by atoms with Gasteiger partial charge in [0, 0.05) is 13.6 Å². The summed E-state index contributed by atoms with van der Waals surface area (Å²) in [6.07, 6.45) is 4.26. The molecule has 1 amide bonds. The number of amides is 1. The van der Waals surface area contributed by atoms with Gasteiger partial charge in [-0.05, 0) is 31.4 Å². The van der Waals surface area contributed by atoms with Gasteiger partial charge in [-0.25, -0.2) is 0 Å². The van der Waals surface area contributed by atoms with Gasteiger partial charge in [0.25, 0.3) is 0 Å². The normalized spacial score (nSPS) is 18.5. The minimum atomic E-state index is 0. The molecule has 1 aromatic rings. The molecule has 0 saturated carbocycles. The first kappa shape index (κ1) is 16.0. The van der Waals surface area contributed by atoms with Gasteiger partial charge in [0.2, 0.25) is 5.91 Å². The summed E-state index contributed by atoms with van der Waals surface area (Å²) >= 11 is 0. The molecule has 0 bridgehead atoms. The van der Waals surface area contributed by atoms with Crippen LogP contribution in [0.2, 0.25) is 0 Å². The second-order valence-corrected chi connectivity index (χ2v) is 5.00. The van der Waals surface area contributed by atoms with Crippen LogP contribution in [-0.4, -0.2) is 37.0 Å². The van der Waals surface area contributed by atoms with E-state index in [1.165, 1.54) is 12.0 Å². The topological polar surface area (TPSA) is 32.3 Å². The van der Waals surface area contributed by atoms with E-state index >= 15 is 0 Å². The Bertz CT molecular complexity index is 377. The molecule has 0 aromatic heterocycles. The number of carbonyl (C=O) groups excluding carboxylic acids is 1. The Labute approximate surface area is 121 Å². The van der Waals surface area contributed by atoms with E-state index in [1.807, 2.05) is 30.1 Å². The van der Waals surface area contributed by atoms with Crippen molar-refractivity contribution in [2.24, 2.45) is 0 Å². The Morgan fingerprint density at radius 2 is 2.05 bits per heavy atom. The quantitative estimate of drug-likeness (QED) is 0.919. The number of hydrogen-bond acceptors (Lipinski definition) is 2. The largest absolute Gasteiger partial charge is 0.344 e. The number of benzene rings is 1. The number of likely N-dealkylation sites (N-methyl/N-ethyl adjacent to an activating group) is 1. The van der Waals surface area contributed by atoms with Crippen LogP contribution in [0.15, 0.2) is 30.3 Å². The van der Waals surface area contributed by atoms with Gasteiger partial charge in [0.05, 0.1) is 6.04 Å². The smallest absolute Gasteiger partial charge is 0.239 e. The molecule has 1 heterocycles. The molecule has 0 radical (unpaired) electrons. The summed E-state index contributed by atoms with van der Waals surface area (Å²) in [6.45, 7) is 1.77. The fourth-order valence-corrected chi connectivity index (χ4v) is 2.38. The van der Waals surface area contributed by atoms with Crippen molar-refractivity contribution in [3.05, 3.63) is 35.9 Å². The maximum Gasteiger partial charge on any atom is 0.239 e. The molecule has 1 saturated heterocycles. The standard InChI is InChI=1S/C15H22N2O.ClH/c1-17(12-10-13-7-3-2-4-8-13)15(18)14-9-5-6-11-16-14;/h2-4,7-8,14,16H,5-6,9-12H2,1H3;1H. The highest BCUT2D eigenvalue weighted by Crippen LogP contribution is 2.09. The molecule has 0 spiro atoms. The fourth-order valence-electron chi connectivity index (χ4n) is 2.38. The molecule has 106 valence electrons. The summed E-state index contributed by atoms with van der Waals surface area (Å²) in [5.41, 5.74) is 1.29. The van der Waals surface area contributed by atoms with Crippen LogP contribution in [0, 0.1) is 0 Å². The second kappa shape index (κ2) is 8.18. The minimum Gasteiger partial charge on any atom is -0.344 e. The Morgan fingerprint density at radius 1 is 1.32 bits per heavy atom. The average Bonchev–Trinajstić information content (AvgIpc) is 2.46. The lowest BCUT2D eigenvalue weighted by molar-refractivity contribution is -0.132. The van der Waals surface area contributed by atoms with Crippen molar-refractivity contribution < 1.29 is 4.79 Å². The third kappa shape index (κ3) is 4.84. The van der Waals surface area contributed by atoms with Gasteiger partial charge < -0.3 is 10.2 Å². The molecule has 1 aliphatic heterocycles. The van der Waals surface area contributed by atoms with Gasteiger partial charge in [-0.1, -0.05) is 36.8 Å². The van der Waals surface area contributed by atoms with Crippen LogP contribution < -0.4 is 5.32 Å². The molecule has 1 aromatic carbocycles. The summed E-state index contributed by atoms with van der Waals surface area (Å²) in [7, 11) is 1.90. The Balaban J connectivity index is 0.00000180. The number of hydrogen-bond donors (Lipinski definition) is 1. The van der Waals surface area contributed by atoms with Crippen LogP contribution in [0.3, 0.4) is 0 Å². The van der Waals surface area contributed by atoms with E-state index in [9.17, 15) is 4.79 Å². The van der Waals surface area contributed by atoms with Crippen LogP contribution in [0.4, 0.5) is 0 Å². The lowest BCUT2D eigenvalue weighted by Crippen LogP contribution is -2.47. The lowest BCUT2D eigenvalue weighted by Gasteiger charge is -2.27. The summed E-state index contributed by atoms with van der Waals surface area (Å²) in [5.74, 6) is 0.241. The van der Waals surface area contributed by atoms with Crippen molar-refractivity contribution in [3.63, 3.8) is 0 Å². The molecule has 1 aliphatic rings. The Hall–Kier alpha value is -1.06. The van der Waals surface area contributed by atoms with Gasteiger partial charge in [0.1, 0.15) is 0 Å². The number of rotatable bonds is 4. The zero-order chi connectivity index (χ0) is 12.8. The molecule has 1 atom stereocenters. The highest BCUT2D eigenvalue weighted by Gasteiger charge is 2.23. The first-order valence-electron chi connectivity index (χ1n) is 6.79. The van der Waals surface area contributed by atoms with Crippen molar-refractivity contribution in [1.29, 1.82) is 0 Å². The minimum absolute atomic E-state index is 0. The average molecular weight is 283 g/mol. The summed E-state index contributed by atoms with van der Waals surface area (Å²) in [5, 5.41) is 3.31. The maximum atomic E-state index is 12.2. The van der Waals surface area contributed by atoms with Gasteiger partial charge in [-0.3, -0.25) is 4.79 Å². The van der Waals surface area contributed by atoms with E-state index in [2.05, 4.69) is 17.4 Å². The van der Waals surface area contributed by atoms with Gasteiger partial charge in [-0.15, -0.1) is 12.4 Å². The predicted molar refractivity (Wildman–Crippen MR) is 80.7 cm³/mol. The van der Waals surface area contributed by atoms with Gasteiger partial charge >= 0.3 is 0 Å². The molecule has 1 fully saturated rings. The van der Waals surface area contributed by atoms with Crippen LogP contribution in [-0.2, 0) is 11.2 Å². The monoisotopic (exact) mass is 282 g/mol. The Kier molecular flexibility index (Phi) is 6.89. The molecule has 3 nitrogen and oxygen atoms in total. The van der Waals surface area contributed by atoms with E-state index in [0.29, 0.717) is 0 Å². The third-order valence-electron chi connectivity index (χ3n) is 3.56. The van der Waals surface area contributed by atoms with Gasteiger partial charge in [-0.2, -0.15) is 0 Å². The van der Waals surface area contributed by atoms with Crippen LogP contribution in [0.5, 0.6) is 0 Å². The number of halogens is 1. The summed E-state index contributed by atoms with van der Waals surface area (Å²) in [4.78, 5) is 14.0. The molecular weight excluding hydrogens is 260 g/mol. The molecular formula is C15H23ClN2O. The molecule has 1 unspecified atom stereocenters. The Morgan fingerprint density at radius 3 is 2.68 bits per heavy atom. The number of piperidine rings is 1. The van der Waals surface area contributed by atoms with E-state index in [-0.39, 0.29) is 24.4 Å². The highest BCUT2D eigenvalue weighted by atomic mass is 35.5. The van der Waals surface area contributed by atoms with Crippen LogP contribution in [0.1, 0.15) is 24.8 Å². The predicted octanol–water partition coefficient (Wildman–Crippen LogP) is 2.25. The number of carbonyl (C=O) groups is 1. The van der Waals surface area contributed by atoms with Crippen molar-refractivity contribution in [3.8, 4) is 0 Å². The number of nitrogens with one attached hydrogen (secondary N) is 1. The highest BCUT2D eigenvalue weighted by molar-refractivity contribution is 5.85. The van der Waals surface area contributed by atoms with E-state index in [4.69, 9.17) is 0 Å². The molecule has 2 rings (SSSR count). The van der Waals surface area contributed by atoms with Crippen molar-refractivity contribution in [1.82, 2.24) is 10.2 Å². The molecule has 0 aliphatic carbocycles. The zero-order valence-electron chi connectivity index (χ0n) is 11.5. The fraction of sp³-hybridized carbons (Fsp3) is 0.533. The first-order chi connectivity index (χ1) is 8.77. The van der Waals surface area contributed by atoms with Crippen LogP contribution in [0.25, 0.3) is 0 Å². The van der Waals surface area contributed by atoms with Crippen molar-refractivity contribution in [2.75, 3.05) is 20.1 Å². The van der Waals surface area contributed by atoms with E-state index in [0.717, 1.165) is 32.4 Å². The molecule has 4 heteroatoms. The molecule has 19 heavy (non-hydrogen) atoms. The SMILES string of the molecule is CN(CCc1ccccc1)C(=O)C1CCCCN1.Cl. The summed E-state index contributed by atoms with van der Waals surface area (Å²) < 4.78 is 0. The first-order valence-corrected chi connectivity index (χ1v) is 6.79.